The molecule has 1 aromatic heterocycles. The van der Waals surface area contributed by atoms with Crippen LogP contribution < -0.4 is 4.74 Å². The molecule has 0 saturated heterocycles. The molecule has 0 atom stereocenters. The molecule has 0 fully saturated rings. The Morgan fingerprint density at radius 1 is 1.13 bits per heavy atom. The summed E-state index contributed by atoms with van der Waals surface area (Å²) in [5, 5.41) is 0. The Balaban J connectivity index is 1.82. The normalized spacial score (nSPS) is 15.8. The number of para-hydroxylation sites is 1. The van der Waals surface area contributed by atoms with Gasteiger partial charge in [-0.3, -0.25) is 4.98 Å². The van der Waals surface area contributed by atoms with Crippen LogP contribution in [0.25, 0.3) is 12.2 Å². The topological polar surface area (TPSA) is 60.8 Å². The lowest BCUT2D eigenvalue weighted by Gasteiger charge is -2.02. The molecule has 0 spiro atoms. The highest BCUT2D eigenvalue weighted by atomic mass is 16.6. The number of nitrogens with zero attached hydrogens (tertiary/aromatic N) is 2. The molecule has 3 rings (SSSR count). The molecule has 5 heteroatoms. The predicted molar refractivity (Wildman–Crippen MR) is 87.8 cm³/mol. The number of aliphatic imine (C=N–C) groups is 1. The summed E-state index contributed by atoms with van der Waals surface area (Å²) < 4.78 is 10.4. The molecule has 0 radical (unpaired) electrons. The Labute approximate surface area is 133 Å². The summed E-state index contributed by atoms with van der Waals surface area (Å²) >= 11 is 0. The third kappa shape index (κ3) is 3.52. The molecule has 0 unspecified atom stereocenters. The molecule has 0 N–H and O–H groups in total. The van der Waals surface area contributed by atoms with E-state index in [1.54, 1.807) is 43.8 Å². The lowest BCUT2D eigenvalue weighted by Crippen LogP contribution is -2.01. The van der Waals surface area contributed by atoms with Gasteiger partial charge in [0.1, 0.15) is 5.75 Å². The number of methoxy groups -OCH3 is 1. The third-order valence-corrected chi connectivity index (χ3v) is 3.17. The maximum absolute atomic E-state index is 11.8. The molecular formula is C18H14N2O3. The van der Waals surface area contributed by atoms with Gasteiger partial charge in [-0.15, -0.1) is 0 Å². The lowest BCUT2D eigenvalue weighted by molar-refractivity contribution is -0.129. The number of aromatic nitrogens is 1. The van der Waals surface area contributed by atoms with E-state index >= 15 is 0 Å². The van der Waals surface area contributed by atoms with Gasteiger partial charge in [-0.1, -0.05) is 24.3 Å². The Kier molecular flexibility index (Phi) is 4.29. The van der Waals surface area contributed by atoms with Crippen LogP contribution >= 0.6 is 0 Å². The molecule has 5 nitrogen and oxygen atoms in total. The first-order valence-corrected chi connectivity index (χ1v) is 7.00. The third-order valence-electron chi connectivity index (χ3n) is 3.17. The van der Waals surface area contributed by atoms with Gasteiger partial charge < -0.3 is 9.47 Å². The van der Waals surface area contributed by atoms with Gasteiger partial charge in [0.05, 0.1) is 7.11 Å². The van der Waals surface area contributed by atoms with E-state index in [1.807, 2.05) is 30.3 Å². The second-order valence-electron chi connectivity index (χ2n) is 4.73. The van der Waals surface area contributed by atoms with Crippen molar-refractivity contribution >= 4 is 24.0 Å². The fourth-order valence-electron chi connectivity index (χ4n) is 2.08. The van der Waals surface area contributed by atoms with Gasteiger partial charge in [0.15, 0.2) is 5.70 Å². The highest BCUT2D eigenvalue weighted by Gasteiger charge is 2.21. The Bertz CT molecular complexity index is 808. The minimum atomic E-state index is -0.478. The smallest absolute Gasteiger partial charge is 0.363 e. The van der Waals surface area contributed by atoms with Crippen molar-refractivity contribution in [2.45, 2.75) is 0 Å². The van der Waals surface area contributed by atoms with Crippen molar-refractivity contribution in [2.75, 3.05) is 7.11 Å². The summed E-state index contributed by atoms with van der Waals surface area (Å²) in [7, 11) is 1.61. The SMILES string of the molecule is COc1ccccc1C=CC1=NC(=Cc2cccnc2)C(=O)O1. The molecule has 2 aromatic rings. The molecule has 0 bridgehead atoms. The average Bonchev–Trinajstić information content (AvgIpc) is 2.94. The summed E-state index contributed by atoms with van der Waals surface area (Å²) in [4.78, 5) is 20.0. The van der Waals surface area contributed by atoms with Gasteiger partial charge >= 0.3 is 5.97 Å². The van der Waals surface area contributed by atoms with E-state index in [1.165, 1.54) is 0 Å². The summed E-state index contributed by atoms with van der Waals surface area (Å²) in [6.07, 6.45) is 8.38. The summed E-state index contributed by atoms with van der Waals surface area (Å²) in [5.74, 6) is 0.504. The van der Waals surface area contributed by atoms with Crippen molar-refractivity contribution in [1.29, 1.82) is 0 Å². The standard InChI is InChI=1S/C18H14N2O3/c1-22-16-7-3-2-6-14(16)8-9-17-20-15(18(21)23-17)11-13-5-4-10-19-12-13/h2-12H,1H3. The van der Waals surface area contributed by atoms with Gasteiger partial charge in [0, 0.05) is 24.0 Å². The molecule has 0 saturated carbocycles. The van der Waals surface area contributed by atoms with E-state index in [2.05, 4.69) is 9.98 Å². The molecule has 23 heavy (non-hydrogen) atoms. The van der Waals surface area contributed by atoms with Crippen LogP contribution in [0.5, 0.6) is 5.75 Å². The van der Waals surface area contributed by atoms with Crippen molar-refractivity contribution in [3.63, 3.8) is 0 Å². The first-order valence-electron chi connectivity index (χ1n) is 7.00. The largest absolute Gasteiger partial charge is 0.496 e. The van der Waals surface area contributed by atoms with Gasteiger partial charge in [0.2, 0.25) is 5.90 Å². The fourth-order valence-corrected chi connectivity index (χ4v) is 2.08. The van der Waals surface area contributed by atoms with Crippen LogP contribution in [0.3, 0.4) is 0 Å². The number of rotatable bonds is 4. The number of carbonyl (C=O) groups is 1. The average molecular weight is 306 g/mol. The minimum Gasteiger partial charge on any atom is -0.496 e. The van der Waals surface area contributed by atoms with E-state index in [0.717, 1.165) is 16.9 Å². The van der Waals surface area contributed by atoms with E-state index < -0.39 is 5.97 Å². The zero-order valence-electron chi connectivity index (χ0n) is 12.5. The Hall–Kier alpha value is -3.21. The molecule has 114 valence electrons. The number of esters is 1. The molecule has 0 amide bonds. The van der Waals surface area contributed by atoms with E-state index in [4.69, 9.17) is 9.47 Å². The van der Waals surface area contributed by atoms with Gasteiger partial charge in [0.25, 0.3) is 0 Å². The molecule has 1 aromatic carbocycles. The maximum Gasteiger partial charge on any atom is 0.363 e. The Morgan fingerprint density at radius 3 is 2.78 bits per heavy atom. The number of cyclic esters (lactones) is 1. The number of hydrogen-bond donors (Lipinski definition) is 0. The summed E-state index contributed by atoms with van der Waals surface area (Å²) in [5.41, 5.74) is 1.91. The van der Waals surface area contributed by atoms with Crippen molar-refractivity contribution < 1.29 is 14.3 Å². The van der Waals surface area contributed by atoms with Crippen molar-refractivity contribution in [2.24, 2.45) is 4.99 Å². The molecule has 2 heterocycles. The number of hydrogen-bond acceptors (Lipinski definition) is 5. The predicted octanol–water partition coefficient (Wildman–Crippen LogP) is 3.10. The van der Waals surface area contributed by atoms with E-state index in [-0.39, 0.29) is 11.6 Å². The second-order valence-corrected chi connectivity index (χ2v) is 4.73. The monoisotopic (exact) mass is 306 g/mol. The van der Waals surface area contributed by atoms with E-state index in [9.17, 15) is 4.79 Å². The van der Waals surface area contributed by atoms with Crippen molar-refractivity contribution in [1.82, 2.24) is 4.98 Å². The maximum atomic E-state index is 11.8. The summed E-state index contributed by atoms with van der Waals surface area (Å²) in [6.45, 7) is 0. The van der Waals surface area contributed by atoms with Crippen molar-refractivity contribution in [3.8, 4) is 5.75 Å². The molecule has 1 aliphatic heterocycles. The van der Waals surface area contributed by atoms with Crippen LogP contribution in [0.4, 0.5) is 0 Å². The first-order chi connectivity index (χ1) is 11.3. The Morgan fingerprint density at radius 2 is 2.00 bits per heavy atom. The molecular weight excluding hydrogens is 292 g/mol. The van der Waals surface area contributed by atoms with E-state index in [0.29, 0.717) is 0 Å². The van der Waals surface area contributed by atoms with Gasteiger partial charge in [-0.2, -0.15) is 0 Å². The van der Waals surface area contributed by atoms with Crippen LogP contribution in [-0.4, -0.2) is 24.0 Å². The van der Waals surface area contributed by atoms with Crippen molar-refractivity contribution in [3.05, 3.63) is 71.7 Å². The quantitative estimate of drug-likeness (QED) is 0.643. The van der Waals surface area contributed by atoms with Crippen LogP contribution in [0.1, 0.15) is 11.1 Å². The van der Waals surface area contributed by atoms with Crippen LogP contribution in [0.15, 0.2) is 65.6 Å². The number of carbonyl (C=O) groups excluding carboxylic acids is 1. The second kappa shape index (κ2) is 6.70. The molecule has 0 aliphatic carbocycles. The van der Waals surface area contributed by atoms with Gasteiger partial charge in [-0.25, -0.2) is 9.79 Å². The highest BCUT2D eigenvalue weighted by Crippen LogP contribution is 2.20. The lowest BCUT2D eigenvalue weighted by atomic mass is 10.2. The first kappa shape index (κ1) is 14.7. The summed E-state index contributed by atoms with van der Waals surface area (Å²) in [6, 6.07) is 11.2. The number of pyridine rings is 1. The van der Waals surface area contributed by atoms with Crippen LogP contribution in [0.2, 0.25) is 0 Å². The van der Waals surface area contributed by atoms with Crippen LogP contribution in [0, 0.1) is 0 Å². The number of benzene rings is 1. The minimum absolute atomic E-state index is 0.246. The van der Waals surface area contributed by atoms with Crippen LogP contribution in [-0.2, 0) is 9.53 Å². The zero-order valence-corrected chi connectivity index (χ0v) is 12.5. The molecule has 1 aliphatic rings. The zero-order chi connectivity index (χ0) is 16.1. The van der Waals surface area contributed by atoms with Gasteiger partial charge in [-0.05, 0) is 29.8 Å². The number of ether oxygens (including phenoxy) is 2. The fraction of sp³-hybridized carbons (Fsp3) is 0.0556. The highest BCUT2D eigenvalue weighted by molar-refractivity contribution is 6.11.